The van der Waals surface area contributed by atoms with Crippen molar-refractivity contribution in [1.29, 1.82) is 5.26 Å². The lowest BCUT2D eigenvalue weighted by Crippen LogP contribution is -2.22. The predicted molar refractivity (Wildman–Crippen MR) is 64.4 cm³/mol. The standard InChI is InChI=1S/C13H17N3/c1-9-6-10(2)15-13(12(9)7-14)16(3)8-11-4-5-11/h6,11H,4-5,8H2,1-3H3. The molecular weight excluding hydrogens is 198 g/mol. The Balaban J connectivity index is 2.33. The summed E-state index contributed by atoms with van der Waals surface area (Å²) in [7, 11) is 2.03. The van der Waals surface area contributed by atoms with Gasteiger partial charge in [-0.2, -0.15) is 5.26 Å². The van der Waals surface area contributed by atoms with Gasteiger partial charge in [-0.15, -0.1) is 0 Å². The Hall–Kier alpha value is -1.56. The van der Waals surface area contributed by atoms with Crippen LogP contribution in [-0.4, -0.2) is 18.6 Å². The van der Waals surface area contributed by atoms with Crippen molar-refractivity contribution >= 4 is 5.82 Å². The molecule has 0 aliphatic heterocycles. The molecule has 0 radical (unpaired) electrons. The van der Waals surface area contributed by atoms with Crippen LogP contribution in [0.5, 0.6) is 0 Å². The van der Waals surface area contributed by atoms with E-state index in [4.69, 9.17) is 0 Å². The van der Waals surface area contributed by atoms with Gasteiger partial charge in [-0.05, 0) is 44.2 Å². The van der Waals surface area contributed by atoms with E-state index >= 15 is 0 Å². The first-order chi connectivity index (χ1) is 7.61. The molecule has 3 heteroatoms. The van der Waals surface area contributed by atoms with Crippen LogP contribution in [0, 0.1) is 31.1 Å². The van der Waals surface area contributed by atoms with Gasteiger partial charge in [0, 0.05) is 19.3 Å². The largest absolute Gasteiger partial charge is 0.358 e. The summed E-state index contributed by atoms with van der Waals surface area (Å²) in [5.74, 6) is 1.64. The molecule has 1 aromatic rings. The monoisotopic (exact) mass is 215 g/mol. The molecule has 1 saturated carbocycles. The van der Waals surface area contributed by atoms with E-state index in [0.717, 1.165) is 29.5 Å². The number of nitrogens with zero attached hydrogens (tertiary/aromatic N) is 3. The third-order valence-corrected chi connectivity index (χ3v) is 3.03. The summed E-state index contributed by atoms with van der Waals surface area (Å²) in [6.45, 7) is 4.97. The van der Waals surface area contributed by atoms with Crippen LogP contribution >= 0.6 is 0 Å². The summed E-state index contributed by atoms with van der Waals surface area (Å²) in [6, 6.07) is 4.23. The topological polar surface area (TPSA) is 39.9 Å². The summed E-state index contributed by atoms with van der Waals surface area (Å²) >= 11 is 0. The van der Waals surface area contributed by atoms with E-state index in [0.29, 0.717) is 5.56 Å². The Morgan fingerprint density at radius 3 is 2.75 bits per heavy atom. The van der Waals surface area contributed by atoms with Gasteiger partial charge in [0.25, 0.3) is 0 Å². The van der Waals surface area contributed by atoms with E-state index in [1.165, 1.54) is 12.8 Å². The highest BCUT2D eigenvalue weighted by Gasteiger charge is 2.24. The molecule has 1 aromatic heterocycles. The van der Waals surface area contributed by atoms with Crippen molar-refractivity contribution in [2.45, 2.75) is 26.7 Å². The Kier molecular flexibility index (Phi) is 2.82. The minimum atomic E-state index is 0.716. The molecule has 3 nitrogen and oxygen atoms in total. The minimum Gasteiger partial charge on any atom is -0.358 e. The number of nitriles is 1. The molecule has 1 aliphatic carbocycles. The van der Waals surface area contributed by atoms with E-state index in [1.54, 1.807) is 0 Å². The summed E-state index contributed by atoms with van der Waals surface area (Å²) in [4.78, 5) is 6.61. The second-order valence-electron chi connectivity index (χ2n) is 4.71. The Bertz CT molecular complexity index is 441. The quantitative estimate of drug-likeness (QED) is 0.777. The fourth-order valence-corrected chi connectivity index (χ4v) is 2.01. The molecule has 1 aliphatic rings. The summed E-state index contributed by atoms with van der Waals surface area (Å²) < 4.78 is 0. The lowest BCUT2D eigenvalue weighted by atomic mass is 10.1. The molecule has 1 heterocycles. The average molecular weight is 215 g/mol. The van der Waals surface area contributed by atoms with E-state index < -0.39 is 0 Å². The molecule has 2 rings (SSSR count). The van der Waals surface area contributed by atoms with Crippen LogP contribution in [0.4, 0.5) is 5.82 Å². The zero-order valence-corrected chi connectivity index (χ0v) is 10.1. The van der Waals surface area contributed by atoms with Gasteiger partial charge in [-0.3, -0.25) is 0 Å². The molecule has 16 heavy (non-hydrogen) atoms. The van der Waals surface area contributed by atoms with Crippen LogP contribution in [-0.2, 0) is 0 Å². The number of hydrogen-bond donors (Lipinski definition) is 0. The third kappa shape index (κ3) is 2.16. The van der Waals surface area contributed by atoms with Crippen LogP contribution in [0.1, 0.15) is 29.7 Å². The Labute approximate surface area is 96.7 Å². The van der Waals surface area contributed by atoms with Gasteiger partial charge in [0.15, 0.2) is 0 Å². The number of aromatic nitrogens is 1. The minimum absolute atomic E-state index is 0.716. The molecule has 0 unspecified atom stereocenters. The SMILES string of the molecule is Cc1cc(C)c(C#N)c(N(C)CC2CC2)n1. The van der Waals surface area contributed by atoms with Crippen molar-refractivity contribution in [2.24, 2.45) is 5.92 Å². The van der Waals surface area contributed by atoms with Crippen LogP contribution in [0.15, 0.2) is 6.07 Å². The van der Waals surface area contributed by atoms with Crippen LogP contribution in [0.3, 0.4) is 0 Å². The van der Waals surface area contributed by atoms with Gasteiger partial charge < -0.3 is 4.90 Å². The number of anilines is 1. The normalized spacial score (nSPS) is 14.6. The Morgan fingerprint density at radius 1 is 1.50 bits per heavy atom. The molecule has 84 valence electrons. The lowest BCUT2D eigenvalue weighted by molar-refractivity contribution is 0.774. The first-order valence-electron chi connectivity index (χ1n) is 5.71. The van der Waals surface area contributed by atoms with Gasteiger partial charge in [0.05, 0.1) is 5.56 Å². The summed E-state index contributed by atoms with van der Waals surface area (Å²) in [5, 5.41) is 9.17. The fourth-order valence-electron chi connectivity index (χ4n) is 2.01. The maximum absolute atomic E-state index is 9.17. The van der Waals surface area contributed by atoms with Gasteiger partial charge in [0.1, 0.15) is 11.9 Å². The highest BCUT2D eigenvalue weighted by atomic mass is 15.2. The van der Waals surface area contributed by atoms with Crippen molar-refractivity contribution in [3.8, 4) is 6.07 Å². The van der Waals surface area contributed by atoms with Gasteiger partial charge in [0.2, 0.25) is 0 Å². The van der Waals surface area contributed by atoms with Gasteiger partial charge in [-0.25, -0.2) is 4.98 Å². The molecule has 0 atom stereocenters. The first-order valence-corrected chi connectivity index (χ1v) is 5.71. The maximum Gasteiger partial charge on any atom is 0.146 e. The molecule has 1 fully saturated rings. The van der Waals surface area contributed by atoms with E-state index in [-0.39, 0.29) is 0 Å². The highest BCUT2D eigenvalue weighted by Crippen LogP contribution is 2.31. The van der Waals surface area contributed by atoms with E-state index in [1.807, 2.05) is 27.0 Å². The average Bonchev–Trinajstić information content (AvgIpc) is 3.00. The first kappa shape index (κ1) is 10.9. The molecular formula is C13H17N3. The summed E-state index contributed by atoms with van der Waals surface area (Å²) in [5.41, 5.74) is 2.72. The van der Waals surface area contributed by atoms with Crippen LogP contribution in [0.25, 0.3) is 0 Å². The van der Waals surface area contributed by atoms with Crippen molar-refractivity contribution in [1.82, 2.24) is 4.98 Å². The van der Waals surface area contributed by atoms with Crippen LogP contribution < -0.4 is 4.90 Å². The van der Waals surface area contributed by atoms with Gasteiger partial charge >= 0.3 is 0 Å². The zero-order valence-electron chi connectivity index (χ0n) is 10.1. The number of pyridine rings is 1. The maximum atomic E-state index is 9.17. The van der Waals surface area contributed by atoms with Crippen molar-refractivity contribution in [3.63, 3.8) is 0 Å². The highest BCUT2D eigenvalue weighted by molar-refractivity contribution is 5.57. The lowest BCUT2D eigenvalue weighted by Gasteiger charge is -2.20. The van der Waals surface area contributed by atoms with E-state index in [2.05, 4.69) is 16.0 Å². The number of aryl methyl sites for hydroxylation is 2. The summed E-state index contributed by atoms with van der Waals surface area (Å²) in [6.07, 6.45) is 2.63. The second-order valence-corrected chi connectivity index (χ2v) is 4.71. The number of hydrogen-bond acceptors (Lipinski definition) is 3. The Morgan fingerprint density at radius 2 is 2.19 bits per heavy atom. The van der Waals surface area contributed by atoms with Gasteiger partial charge in [-0.1, -0.05) is 0 Å². The second kappa shape index (κ2) is 4.13. The van der Waals surface area contributed by atoms with Crippen LogP contribution in [0.2, 0.25) is 0 Å². The smallest absolute Gasteiger partial charge is 0.146 e. The molecule has 0 bridgehead atoms. The molecule has 0 spiro atoms. The fraction of sp³-hybridized carbons (Fsp3) is 0.538. The molecule has 0 N–H and O–H groups in total. The van der Waals surface area contributed by atoms with Crippen molar-refractivity contribution < 1.29 is 0 Å². The van der Waals surface area contributed by atoms with Crippen molar-refractivity contribution in [3.05, 3.63) is 22.9 Å². The predicted octanol–water partition coefficient (Wildman–Crippen LogP) is 2.42. The van der Waals surface area contributed by atoms with E-state index in [9.17, 15) is 5.26 Å². The third-order valence-electron chi connectivity index (χ3n) is 3.03. The molecule has 0 amide bonds. The number of rotatable bonds is 3. The molecule has 0 saturated heterocycles. The van der Waals surface area contributed by atoms with Crippen molar-refractivity contribution in [2.75, 3.05) is 18.5 Å². The molecule has 0 aromatic carbocycles. The zero-order chi connectivity index (χ0) is 11.7.